The van der Waals surface area contributed by atoms with E-state index < -0.39 is 0 Å². The van der Waals surface area contributed by atoms with Gasteiger partial charge in [-0.15, -0.1) is 10.2 Å². The Labute approximate surface area is 171 Å². The van der Waals surface area contributed by atoms with E-state index in [1.165, 1.54) is 5.56 Å². The summed E-state index contributed by atoms with van der Waals surface area (Å²) in [4.78, 5) is 12.3. The number of carbonyl (C=O) groups excluding carboxylic acids is 1. The van der Waals surface area contributed by atoms with E-state index in [9.17, 15) is 4.79 Å². The first-order valence-electron chi connectivity index (χ1n) is 9.86. The number of amides is 1. The van der Waals surface area contributed by atoms with Crippen molar-refractivity contribution in [3.63, 3.8) is 0 Å². The molecule has 3 aromatic rings. The van der Waals surface area contributed by atoms with Gasteiger partial charge in [-0.05, 0) is 57.5 Å². The number of hydrogen-bond acceptors (Lipinski definition) is 5. The zero-order valence-corrected chi connectivity index (χ0v) is 17.3. The van der Waals surface area contributed by atoms with Crippen LogP contribution < -0.4 is 10.1 Å². The Kier molecular flexibility index (Phi) is 6.65. The van der Waals surface area contributed by atoms with Crippen molar-refractivity contribution in [2.45, 2.75) is 52.7 Å². The highest BCUT2D eigenvalue weighted by molar-refractivity contribution is 5.76. The molecule has 0 aliphatic carbocycles. The molecule has 0 fully saturated rings. The van der Waals surface area contributed by atoms with Crippen LogP contribution in [0, 0.1) is 6.92 Å². The van der Waals surface area contributed by atoms with Crippen molar-refractivity contribution in [3.05, 3.63) is 65.5 Å². The minimum absolute atomic E-state index is 0.0601. The molecule has 1 unspecified atom stereocenters. The fraction of sp³-hybridized carbons (Fsp3) is 0.348. The summed E-state index contributed by atoms with van der Waals surface area (Å²) in [6.45, 7) is 7.96. The van der Waals surface area contributed by atoms with Crippen molar-refractivity contribution >= 4 is 5.91 Å². The summed E-state index contributed by atoms with van der Waals surface area (Å²) in [5, 5.41) is 11.1. The Bertz CT molecular complexity index is 931. The van der Waals surface area contributed by atoms with Crippen LogP contribution in [0.25, 0.3) is 11.5 Å². The van der Waals surface area contributed by atoms with E-state index >= 15 is 0 Å². The van der Waals surface area contributed by atoms with Gasteiger partial charge >= 0.3 is 0 Å². The van der Waals surface area contributed by atoms with Crippen molar-refractivity contribution < 1.29 is 13.9 Å². The Morgan fingerprint density at radius 3 is 2.38 bits per heavy atom. The molecule has 0 spiro atoms. The molecule has 0 bridgehead atoms. The topological polar surface area (TPSA) is 77.2 Å². The van der Waals surface area contributed by atoms with Gasteiger partial charge in [0.05, 0.1) is 12.1 Å². The highest BCUT2D eigenvalue weighted by Gasteiger charge is 2.13. The molecule has 6 heteroatoms. The molecule has 1 atom stereocenters. The number of aromatic nitrogens is 2. The lowest BCUT2D eigenvalue weighted by Crippen LogP contribution is -2.26. The van der Waals surface area contributed by atoms with Gasteiger partial charge in [0.25, 0.3) is 0 Å². The molecule has 2 aromatic carbocycles. The van der Waals surface area contributed by atoms with Crippen LogP contribution in [-0.2, 0) is 11.2 Å². The van der Waals surface area contributed by atoms with Crippen LogP contribution >= 0.6 is 0 Å². The molecule has 1 heterocycles. The van der Waals surface area contributed by atoms with Gasteiger partial charge in [-0.3, -0.25) is 4.79 Å². The van der Waals surface area contributed by atoms with Crippen LogP contribution in [0.2, 0.25) is 0 Å². The standard InChI is InChI=1S/C23H27N3O3/c1-15(2)28-20-11-9-18(10-12-20)17(4)24-21(27)13-14-22-25-26-23(29-22)19-7-5-16(3)6-8-19/h5-12,15,17H,13-14H2,1-4H3,(H,24,27). The molecule has 0 saturated heterocycles. The number of ether oxygens (including phenoxy) is 1. The van der Waals surface area contributed by atoms with Crippen LogP contribution in [0.1, 0.15) is 50.3 Å². The lowest BCUT2D eigenvalue weighted by atomic mass is 10.1. The SMILES string of the molecule is Cc1ccc(-c2nnc(CCC(=O)NC(C)c3ccc(OC(C)C)cc3)o2)cc1. The molecule has 6 nitrogen and oxygen atoms in total. The predicted molar refractivity (Wildman–Crippen MR) is 112 cm³/mol. The quantitative estimate of drug-likeness (QED) is 0.603. The molecular formula is C23H27N3O3. The first-order chi connectivity index (χ1) is 13.9. The Balaban J connectivity index is 1.50. The third-order valence-corrected chi connectivity index (χ3v) is 4.46. The third-order valence-electron chi connectivity index (χ3n) is 4.46. The lowest BCUT2D eigenvalue weighted by Gasteiger charge is -2.15. The predicted octanol–water partition coefficient (Wildman–Crippen LogP) is 4.64. The highest BCUT2D eigenvalue weighted by Crippen LogP contribution is 2.20. The number of benzene rings is 2. The average Bonchev–Trinajstić information content (AvgIpc) is 3.16. The van der Waals surface area contributed by atoms with Gasteiger partial charge in [0, 0.05) is 18.4 Å². The van der Waals surface area contributed by atoms with Gasteiger partial charge in [0.1, 0.15) is 5.75 Å². The molecule has 0 radical (unpaired) electrons. The van der Waals surface area contributed by atoms with Crippen LogP contribution in [0.15, 0.2) is 52.9 Å². The monoisotopic (exact) mass is 393 g/mol. The fourth-order valence-electron chi connectivity index (χ4n) is 2.89. The van der Waals surface area contributed by atoms with Crippen LogP contribution in [0.3, 0.4) is 0 Å². The van der Waals surface area contributed by atoms with Gasteiger partial charge in [-0.25, -0.2) is 0 Å². The maximum Gasteiger partial charge on any atom is 0.247 e. The van der Waals surface area contributed by atoms with Gasteiger partial charge < -0.3 is 14.5 Å². The van der Waals surface area contributed by atoms with E-state index in [4.69, 9.17) is 9.15 Å². The fourth-order valence-corrected chi connectivity index (χ4v) is 2.89. The smallest absolute Gasteiger partial charge is 0.247 e. The molecule has 1 aromatic heterocycles. The van der Waals surface area contributed by atoms with Gasteiger partial charge in [0.15, 0.2) is 0 Å². The molecule has 0 saturated carbocycles. The summed E-state index contributed by atoms with van der Waals surface area (Å²) in [6, 6.07) is 15.6. The minimum Gasteiger partial charge on any atom is -0.491 e. The zero-order valence-electron chi connectivity index (χ0n) is 17.3. The molecule has 29 heavy (non-hydrogen) atoms. The number of rotatable bonds is 8. The van der Waals surface area contributed by atoms with Crippen molar-refractivity contribution in [2.75, 3.05) is 0 Å². The molecule has 1 N–H and O–H groups in total. The largest absolute Gasteiger partial charge is 0.491 e. The second-order valence-corrected chi connectivity index (χ2v) is 7.39. The minimum atomic E-state index is -0.0959. The molecule has 0 aliphatic heterocycles. The number of nitrogens with one attached hydrogen (secondary N) is 1. The maximum absolute atomic E-state index is 12.3. The highest BCUT2D eigenvalue weighted by atomic mass is 16.5. The number of nitrogens with zero attached hydrogens (tertiary/aromatic N) is 2. The summed E-state index contributed by atoms with van der Waals surface area (Å²) in [5.41, 5.74) is 3.06. The van der Waals surface area contributed by atoms with Crippen LogP contribution in [0.4, 0.5) is 0 Å². The number of aryl methyl sites for hydroxylation is 2. The zero-order chi connectivity index (χ0) is 20.8. The normalized spacial score (nSPS) is 12.0. The molecule has 3 rings (SSSR count). The Morgan fingerprint density at radius 2 is 1.72 bits per heavy atom. The van der Waals surface area contributed by atoms with E-state index in [1.807, 2.05) is 76.2 Å². The van der Waals surface area contributed by atoms with Crippen molar-refractivity contribution in [1.29, 1.82) is 0 Å². The molecule has 1 amide bonds. The maximum atomic E-state index is 12.3. The first-order valence-corrected chi connectivity index (χ1v) is 9.86. The first kappa shape index (κ1) is 20.6. The number of hydrogen-bond donors (Lipinski definition) is 1. The Morgan fingerprint density at radius 1 is 1.03 bits per heavy atom. The summed E-state index contributed by atoms with van der Waals surface area (Å²) in [7, 11) is 0. The van der Waals surface area contributed by atoms with Crippen LogP contribution in [0.5, 0.6) is 5.75 Å². The molecular weight excluding hydrogens is 366 g/mol. The number of carbonyl (C=O) groups is 1. The van der Waals surface area contributed by atoms with E-state index in [-0.39, 0.29) is 24.5 Å². The van der Waals surface area contributed by atoms with E-state index in [2.05, 4.69) is 15.5 Å². The molecule has 0 aliphatic rings. The van der Waals surface area contributed by atoms with Gasteiger partial charge in [0.2, 0.25) is 17.7 Å². The second kappa shape index (κ2) is 9.37. The van der Waals surface area contributed by atoms with Gasteiger partial charge in [-0.1, -0.05) is 29.8 Å². The van der Waals surface area contributed by atoms with E-state index in [1.54, 1.807) is 0 Å². The Hall–Kier alpha value is -3.15. The third kappa shape index (κ3) is 5.91. The van der Waals surface area contributed by atoms with Crippen molar-refractivity contribution in [1.82, 2.24) is 15.5 Å². The van der Waals surface area contributed by atoms with E-state index in [0.29, 0.717) is 18.2 Å². The van der Waals surface area contributed by atoms with Crippen molar-refractivity contribution in [3.8, 4) is 17.2 Å². The molecule has 152 valence electrons. The van der Waals surface area contributed by atoms with E-state index in [0.717, 1.165) is 16.9 Å². The summed E-state index contributed by atoms with van der Waals surface area (Å²) >= 11 is 0. The summed E-state index contributed by atoms with van der Waals surface area (Å²) < 4.78 is 11.3. The summed E-state index contributed by atoms with van der Waals surface area (Å²) in [6.07, 6.45) is 0.821. The lowest BCUT2D eigenvalue weighted by molar-refractivity contribution is -0.121. The van der Waals surface area contributed by atoms with Gasteiger partial charge in [-0.2, -0.15) is 0 Å². The average molecular weight is 393 g/mol. The second-order valence-electron chi connectivity index (χ2n) is 7.39. The van der Waals surface area contributed by atoms with Crippen molar-refractivity contribution in [2.24, 2.45) is 0 Å². The summed E-state index contributed by atoms with van der Waals surface area (Å²) in [5.74, 6) is 1.69. The van der Waals surface area contributed by atoms with Crippen LogP contribution in [-0.4, -0.2) is 22.2 Å².